The minimum Gasteiger partial charge on any atom is -0.338 e. The monoisotopic (exact) mass is 462 g/mol. The van der Waals surface area contributed by atoms with E-state index in [9.17, 15) is 4.39 Å². The van der Waals surface area contributed by atoms with Crippen LogP contribution in [0.2, 0.25) is 0 Å². The zero-order chi connectivity index (χ0) is 23.8. The maximum Gasteiger partial charge on any atom is 0.138 e. The van der Waals surface area contributed by atoms with E-state index in [0.717, 1.165) is 74.2 Å². The van der Waals surface area contributed by atoms with Crippen LogP contribution in [0.5, 0.6) is 0 Å². The Labute approximate surface area is 201 Å². The number of nitrogens with zero attached hydrogens (tertiary/aromatic N) is 3. The molecule has 0 amide bonds. The molecule has 6 aromatic rings. The molecule has 0 unspecified atom stereocenters. The summed E-state index contributed by atoms with van der Waals surface area (Å²) >= 11 is 0. The van der Waals surface area contributed by atoms with Crippen molar-refractivity contribution in [1.29, 1.82) is 0 Å². The Hall–Kier alpha value is -4.36. The van der Waals surface area contributed by atoms with Crippen LogP contribution in [0.15, 0.2) is 79.3 Å². The second-order valence-corrected chi connectivity index (χ2v) is 8.51. The second-order valence-electron chi connectivity index (χ2n) is 8.51. The van der Waals surface area contributed by atoms with Gasteiger partial charge in [0.25, 0.3) is 0 Å². The van der Waals surface area contributed by atoms with Gasteiger partial charge in [-0.1, -0.05) is 25.1 Å². The number of fused-ring (bicyclic) bond motifs is 2. The van der Waals surface area contributed by atoms with Gasteiger partial charge in [-0.15, -0.1) is 0 Å². The molecule has 4 heterocycles. The minimum atomic E-state index is -0.255. The molecule has 2 aromatic carbocycles. The van der Waals surface area contributed by atoms with Crippen LogP contribution in [0.4, 0.5) is 4.39 Å². The Morgan fingerprint density at radius 1 is 0.886 bits per heavy atom. The van der Waals surface area contributed by atoms with E-state index >= 15 is 0 Å². The Morgan fingerprint density at radius 2 is 1.74 bits per heavy atom. The molecule has 0 aliphatic carbocycles. The maximum absolute atomic E-state index is 13.4. The lowest BCUT2D eigenvalue weighted by molar-refractivity contribution is 0.628. The highest BCUT2D eigenvalue weighted by Crippen LogP contribution is 2.34. The van der Waals surface area contributed by atoms with E-state index in [-0.39, 0.29) is 5.82 Å². The van der Waals surface area contributed by atoms with Crippen LogP contribution >= 0.6 is 0 Å². The van der Waals surface area contributed by atoms with E-state index in [2.05, 4.69) is 61.7 Å². The summed E-state index contributed by atoms with van der Waals surface area (Å²) < 4.78 is 13.4. The summed E-state index contributed by atoms with van der Waals surface area (Å²) in [4.78, 5) is 12.4. The van der Waals surface area contributed by atoms with E-state index in [4.69, 9.17) is 0 Å². The smallest absolute Gasteiger partial charge is 0.138 e. The van der Waals surface area contributed by atoms with Gasteiger partial charge in [-0.25, -0.2) is 9.37 Å². The summed E-state index contributed by atoms with van der Waals surface area (Å²) in [5.74, 6) is -0.255. The molecular formula is C28H23FN6. The molecule has 0 saturated heterocycles. The van der Waals surface area contributed by atoms with Gasteiger partial charge in [-0.05, 0) is 71.3 Å². The Morgan fingerprint density at radius 3 is 2.60 bits per heavy atom. The van der Waals surface area contributed by atoms with Crippen molar-refractivity contribution in [2.45, 2.75) is 13.5 Å². The molecule has 6 rings (SSSR count). The normalized spacial score (nSPS) is 11.5. The zero-order valence-electron chi connectivity index (χ0n) is 19.1. The lowest BCUT2D eigenvalue weighted by Gasteiger charge is -2.06. The molecule has 0 aliphatic heterocycles. The van der Waals surface area contributed by atoms with Crippen LogP contribution in [0.3, 0.4) is 0 Å². The fourth-order valence-corrected chi connectivity index (χ4v) is 4.45. The highest BCUT2D eigenvalue weighted by Gasteiger charge is 2.15. The second kappa shape index (κ2) is 8.77. The molecule has 0 bridgehead atoms. The van der Waals surface area contributed by atoms with Gasteiger partial charge in [0, 0.05) is 41.5 Å². The highest BCUT2D eigenvalue weighted by atomic mass is 19.1. The first-order valence-corrected chi connectivity index (χ1v) is 11.6. The molecule has 4 aromatic heterocycles. The number of benzene rings is 2. The minimum absolute atomic E-state index is 0.255. The summed E-state index contributed by atoms with van der Waals surface area (Å²) in [5, 5.41) is 13.1. The van der Waals surface area contributed by atoms with Crippen molar-refractivity contribution in [2.24, 2.45) is 0 Å². The van der Waals surface area contributed by atoms with Gasteiger partial charge < -0.3 is 10.3 Å². The van der Waals surface area contributed by atoms with Crippen LogP contribution < -0.4 is 5.32 Å². The van der Waals surface area contributed by atoms with Crippen molar-refractivity contribution >= 4 is 21.9 Å². The predicted molar refractivity (Wildman–Crippen MR) is 137 cm³/mol. The average Bonchev–Trinajstić information content (AvgIpc) is 3.51. The SMILES string of the molecule is CCNCc1cncc(-c2ccc3[nH]nc(-c4cc5c(-c6ccc(F)cc6)ccnc5[nH]4)c3c2)c1. The lowest BCUT2D eigenvalue weighted by Crippen LogP contribution is -2.11. The third-order valence-corrected chi connectivity index (χ3v) is 6.21. The van der Waals surface area contributed by atoms with Crippen molar-refractivity contribution < 1.29 is 4.39 Å². The number of hydrogen-bond donors (Lipinski definition) is 3. The van der Waals surface area contributed by atoms with Crippen molar-refractivity contribution in [3.63, 3.8) is 0 Å². The summed E-state index contributed by atoms with van der Waals surface area (Å²) in [6.45, 7) is 3.79. The third kappa shape index (κ3) is 3.96. The standard InChI is InChI=1S/C28H23FN6/c1-2-30-14-17-11-20(16-31-15-17)19-5-8-25-24(12-19)27(35-34-25)26-13-23-22(9-10-32-28(23)33-26)18-3-6-21(29)7-4-18/h3-13,15-16,30H,2,14H2,1H3,(H,32,33)(H,34,35). The van der Waals surface area contributed by atoms with E-state index in [1.807, 2.05) is 24.5 Å². The molecule has 3 N–H and O–H groups in total. The third-order valence-electron chi connectivity index (χ3n) is 6.21. The summed E-state index contributed by atoms with van der Waals surface area (Å²) in [6, 6.07) is 18.9. The van der Waals surface area contributed by atoms with Crippen molar-refractivity contribution in [2.75, 3.05) is 6.54 Å². The average molecular weight is 463 g/mol. The van der Waals surface area contributed by atoms with Crippen LogP contribution in [-0.4, -0.2) is 31.7 Å². The Bertz CT molecular complexity index is 1650. The van der Waals surface area contributed by atoms with Crippen LogP contribution in [0.1, 0.15) is 12.5 Å². The largest absolute Gasteiger partial charge is 0.338 e. The summed E-state index contributed by atoms with van der Waals surface area (Å²) in [7, 11) is 0. The van der Waals surface area contributed by atoms with E-state index in [0.29, 0.717) is 0 Å². The Kier molecular flexibility index (Phi) is 5.31. The van der Waals surface area contributed by atoms with E-state index in [1.165, 1.54) is 12.1 Å². The predicted octanol–water partition coefficient (Wildman–Crippen LogP) is 6.08. The lowest BCUT2D eigenvalue weighted by atomic mass is 10.0. The molecule has 0 radical (unpaired) electrons. The molecule has 6 nitrogen and oxygen atoms in total. The number of halogens is 1. The highest BCUT2D eigenvalue weighted by molar-refractivity contribution is 6.00. The number of aromatic nitrogens is 5. The quantitative estimate of drug-likeness (QED) is 0.280. The number of nitrogens with one attached hydrogen (secondary N) is 3. The van der Waals surface area contributed by atoms with Crippen LogP contribution in [0.25, 0.3) is 55.6 Å². The molecule has 35 heavy (non-hydrogen) atoms. The number of rotatable bonds is 6. The van der Waals surface area contributed by atoms with Crippen LogP contribution in [-0.2, 0) is 6.54 Å². The van der Waals surface area contributed by atoms with E-state index in [1.54, 1.807) is 18.3 Å². The fraction of sp³-hybridized carbons (Fsp3) is 0.107. The molecule has 0 aliphatic rings. The van der Waals surface area contributed by atoms with E-state index < -0.39 is 0 Å². The van der Waals surface area contributed by atoms with Crippen molar-refractivity contribution in [3.05, 3.63) is 90.6 Å². The number of hydrogen-bond acceptors (Lipinski definition) is 4. The van der Waals surface area contributed by atoms with Crippen LogP contribution in [0, 0.1) is 5.82 Å². The summed E-state index contributed by atoms with van der Waals surface area (Å²) in [5.41, 5.74) is 8.60. The van der Waals surface area contributed by atoms with Gasteiger partial charge in [-0.2, -0.15) is 5.10 Å². The molecule has 0 saturated carbocycles. The molecule has 172 valence electrons. The maximum atomic E-state index is 13.4. The summed E-state index contributed by atoms with van der Waals surface area (Å²) in [6.07, 6.45) is 5.54. The topological polar surface area (TPSA) is 82.3 Å². The number of pyridine rings is 2. The van der Waals surface area contributed by atoms with Crippen molar-refractivity contribution in [1.82, 2.24) is 30.5 Å². The van der Waals surface area contributed by atoms with Gasteiger partial charge in [0.15, 0.2) is 0 Å². The molecule has 0 atom stereocenters. The van der Waals surface area contributed by atoms with Gasteiger partial charge in [0.05, 0.1) is 11.2 Å². The van der Waals surface area contributed by atoms with Gasteiger partial charge in [0.1, 0.15) is 17.2 Å². The van der Waals surface area contributed by atoms with Gasteiger partial charge in [0.2, 0.25) is 0 Å². The first-order chi connectivity index (χ1) is 17.2. The number of H-pyrrole nitrogens is 2. The molecule has 7 heteroatoms. The fourth-order valence-electron chi connectivity index (χ4n) is 4.45. The van der Waals surface area contributed by atoms with Crippen molar-refractivity contribution in [3.8, 4) is 33.6 Å². The first kappa shape index (κ1) is 21.2. The molecule has 0 spiro atoms. The zero-order valence-corrected chi connectivity index (χ0v) is 19.1. The molecule has 0 fully saturated rings. The molecular weight excluding hydrogens is 439 g/mol. The van der Waals surface area contributed by atoms with Gasteiger partial charge in [-0.3, -0.25) is 10.1 Å². The Balaban J connectivity index is 1.43. The first-order valence-electron chi connectivity index (χ1n) is 11.6. The number of aromatic amines is 2. The van der Waals surface area contributed by atoms with Gasteiger partial charge >= 0.3 is 0 Å².